The number of fused-ring (bicyclic) bond motifs is 3. The first-order valence-electron chi connectivity index (χ1n) is 10.2. The molecule has 0 radical (unpaired) electrons. The maximum Gasteiger partial charge on any atom is 0.244 e. The molecule has 2 N–H and O–H groups in total. The molecule has 3 aliphatic rings. The second kappa shape index (κ2) is 6.61. The number of hydrogen-bond acceptors (Lipinski definition) is 3. The van der Waals surface area contributed by atoms with Crippen molar-refractivity contribution in [2.24, 2.45) is 16.7 Å². The highest BCUT2D eigenvalue weighted by Gasteiger charge is 2.61. The van der Waals surface area contributed by atoms with E-state index < -0.39 is 0 Å². The minimum atomic E-state index is -0.214. The zero-order valence-corrected chi connectivity index (χ0v) is 16.9. The van der Waals surface area contributed by atoms with Gasteiger partial charge in [-0.2, -0.15) is 0 Å². The highest BCUT2D eigenvalue weighted by molar-refractivity contribution is 6.10. The van der Waals surface area contributed by atoms with E-state index in [1.54, 1.807) is 6.07 Å². The molecule has 0 saturated heterocycles. The normalized spacial score (nSPS) is 30.0. The summed E-state index contributed by atoms with van der Waals surface area (Å²) < 4.78 is 0. The molecule has 4 rings (SSSR count). The monoisotopic (exact) mass is 383 g/mol. The van der Waals surface area contributed by atoms with Crippen LogP contribution in [-0.2, 0) is 14.4 Å². The van der Waals surface area contributed by atoms with Gasteiger partial charge in [0.15, 0.2) is 0 Å². The average molecular weight is 383 g/mol. The van der Waals surface area contributed by atoms with E-state index >= 15 is 0 Å². The second-order valence-corrected chi connectivity index (χ2v) is 9.28. The van der Waals surface area contributed by atoms with Gasteiger partial charge in [0.1, 0.15) is 6.54 Å². The van der Waals surface area contributed by atoms with Crippen LogP contribution in [-0.4, -0.2) is 30.3 Å². The second-order valence-electron chi connectivity index (χ2n) is 9.28. The zero-order valence-electron chi connectivity index (χ0n) is 16.9. The quantitative estimate of drug-likeness (QED) is 0.839. The first-order chi connectivity index (χ1) is 13.2. The third-order valence-electron chi connectivity index (χ3n) is 7.77. The standard InChI is InChI=1S/C22H29N3O3/c1-21(2)14-10-11-22(21,3)17(12-14)24-18(26)8-9-20(28)25-13-19(27)23-15-6-4-5-7-16(15)25/h4-7,14,17H,8-13H2,1-3H3,(H,23,27)(H,24,26). The van der Waals surface area contributed by atoms with Crippen molar-refractivity contribution >= 4 is 29.1 Å². The van der Waals surface area contributed by atoms with Crippen molar-refractivity contribution in [1.29, 1.82) is 0 Å². The third-order valence-corrected chi connectivity index (χ3v) is 7.77. The van der Waals surface area contributed by atoms with Gasteiger partial charge in [-0.15, -0.1) is 0 Å². The topological polar surface area (TPSA) is 78.5 Å². The fourth-order valence-electron chi connectivity index (χ4n) is 5.50. The molecule has 6 nitrogen and oxygen atoms in total. The number of benzene rings is 1. The van der Waals surface area contributed by atoms with Gasteiger partial charge in [0.25, 0.3) is 0 Å². The highest BCUT2D eigenvalue weighted by Crippen LogP contribution is 2.65. The summed E-state index contributed by atoms with van der Waals surface area (Å²) in [6.45, 7) is 6.92. The van der Waals surface area contributed by atoms with Crippen LogP contribution in [0.4, 0.5) is 11.4 Å². The first kappa shape index (κ1) is 19.0. The van der Waals surface area contributed by atoms with Crippen molar-refractivity contribution in [1.82, 2.24) is 5.32 Å². The SMILES string of the molecule is CC1(C)C2CCC1(C)C(NC(=O)CCC(=O)N1CC(=O)Nc3ccccc31)C2. The Hall–Kier alpha value is -2.37. The molecule has 150 valence electrons. The Bertz CT molecular complexity index is 834. The Kier molecular flexibility index (Phi) is 4.47. The summed E-state index contributed by atoms with van der Waals surface area (Å²) in [5, 5.41) is 5.98. The Morgan fingerprint density at radius 3 is 2.64 bits per heavy atom. The van der Waals surface area contributed by atoms with E-state index in [1.807, 2.05) is 18.2 Å². The summed E-state index contributed by atoms with van der Waals surface area (Å²) in [5.41, 5.74) is 1.69. The molecule has 1 aromatic carbocycles. The number of hydrogen-bond donors (Lipinski definition) is 2. The van der Waals surface area contributed by atoms with E-state index in [0.717, 1.165) is 12.8 Å². The number of nitrogens with one attached hydrogen (secondary N) is 2. The van der Waals surface area contributed by atoms with Crippen molar-refractivity contribution in [2.75, 3.05) is 16.8 Å². The Morgan fingerprint density at radius 1 is 1.21 bits per heavy atom. The van der Waals surface area contributed by atoms with Crippen molar-refractivity contribution in [2.45, 2.75) is 58.9 Å². The molecule has 2 bridgehead atoms. The van der Waals surface area contributed by atoms with Gasteiger partial charge in [0.2, 0.25) is 17.7 Å². The molecule has 3 amide bonds. The van der Waals surface area contributed by atoms with Gasteiger partial charge in [-0.3, -0.25) is 14.4 Å². The minimum Gasteiger partial charge on any atom is -0.353 e. The molecule has 2 saturated carbocycles. The van der Waals surface area contributed by atoms with Crippen LogP contribution >= 0.6 is 0 Å². The number of rotatable bonds is 4. The summed E-state index contributed by atoms with van der Waals surface area (Å²) in [4.78, 5) is 38.6. The van der Waals surface area contributed by atoms with Gasteiger partial charge < -0.3 is 15.5 Å². The lowest BCUT2D eigenvalue weighted by molar-refractivity contribution is -0.126. The number of para-hydroxylation sites is 2. The van der Waals surface area contributed by atoms with E-state index in [2.05, 4.69) is 31.4 Å². The molecule has 1 aromatic rings. The highest BCUT2D eigenvalue weighted by atomic mass is 16.2. The Morgan fingerprint density at radius 2 is 1.96 bits per heavy atom. The van der Waals surface area contributed by atoms with E-state index in [1.165, 1.54) is 11.3 Å². The molecule has 2 fully saturated rings. The van der Waals surface area contributed by atoms with Crippen LogP contribution < -0.4 is 15.5 Å². The van der Waals surface area contributed by atoms with Crippen LogP contribution in [0.15, 0.2) is 24.3 Å². The van der Waals surface area contributed by atoms with Gasteiger partial charge in [0.05, 0.1) is 11.4 Å². The minimum absolute atomic E-state index is 0.00592. The summed E-state index contributed by atoms with van der Waals surface area (Å²) in [7, 11) is 0. The smallest absolute Gasteiger partial charge is 0.244 e. The first-order valence-corrected chi connectivity index (χ1v) is 10.2. The van der Waals surface area contributed by atoms with Crippen LogP contribution in [0.5, 0.6) is 0 Å². The maximum atomic E-state index is 12.7. The summed E-state index contributed by atoms with van der Waals surface area (Å²) in [6.07, 6.45) is 3.67. The van der Waals surface area contributed by atoms with Gasteiger partial charge in [-0.25, -0.2) is 0 Å². The number of nitrogens with zero attached hydrogens (tertiary/aromatic N) is 1. The average Bonchev–Trinajstić information content (AvgIpc) is 2.99. The van der Waals surface area contributed by atoms with Crippen LogP contribution in [0.25, 0.3) is 0 Å². The predicted octanol–water partition coefficient (Wildman–Crippen LogP) is 3.08. The van der Waals surface area contributed by atoms with Crippen LogP contribution in [0.2, 0.25) is 0 Å². The van der Waals surface area contributed by atoms with Crippen molar-refractivity contribution in [3.63, 3.8) is 0 Å². The summed E-state index contributed by atoms with van der Waals surface area (Å²) >= 11 is 0. The summed E-state index contributed by atoms with van der Waals surface area (Å²) in [6, 6.07) is 7.42. The van der Waals surface area contributed by atoms with Crippen molar-refractivity contribution in [3.8, 4) is 0 Å². The lowest BCUT2D eigenvalue weighted by Crippen LogP contribution is -2.47. The molecule has 28 heavy (non-hydrogen) atoms. The van der Waals surface area contributed by atoms with Crippen LogP contribution in [0, 0.1) is 16.7 Å². The van der Waals surface area contributed by atoms with Crippen molar-refractivity contribution < 1.29 is 14.4 Å². The third kappa shape index (κ3) is 2.90. The lowest BCUT2D eigenvalue weighted by atomic mass is 9.69. The molecular formula is C22H29N3O3. The largest absolute Gasteiger partial charge is 0.353 e. The fourth-order valence-corrected chi connectivity index (χ4v) is 5.50. The van der Waals surface area contributed by atoms with Gasteiger partial charge in [-0.1, -0.05) is 32.9 Å². The Balaban J connectivity index is 1.36. The van der Waals surface area contributed by atoms with Gasteiger partial charge >= 0.3 is 0 Å². The van der Waals surface area contributed by atoms with Crippen LogP contribution in [0.3, 0.4) is 0 Å². The molecule has 3 atom stereocenters. The molecule has 1 aliphatic heterocycles. The predicted molar refractivity (Wildman–Crippen MR) is 108 cm³/mol. The fraction of sp³-hybridized carbons (Fsp3) is 0.591. The number of carbonyl (C=O) groups is 3. The number of carbonyl (C=O) groups excluding carboxylic acids is 3. The Labute approximate surface area is 166 Å². The molecule has 3 unspecified atom stereocenters. The zero-order chi connectivity index (χ0) is 20.1. The number of anilines is 2. The molecule has 2 aliphatic carbocycles. The van der Waals surface area contributed by atoms with Gasteiger partial charge in [-0.05, 0) is 48.1 Å². The molecule has 0 aromatic heterocycles. The molecule has 0 spiro atoms. The number of amides is 3. The summed E-state index contributed by atoms with van der Waals surface area (Å²) in [5.74, 6) is 0.177. The maximum absolute atomic E-state index is 12.7. The molecule has 6 heteroatoms. The molecular weight excluding hydrogens is 354 g/mol. The van der Waals surface area contributed by atoms with Crippen LogP contribution in [0.1, 0.15) is 52.9 Å². The van der Waals surface area contributed by atoms with Crippen molar-refractivity contribution in [3.05, 3.63) is 24.3 Å². The van der Waals surface area contributed by atoms with E-state index in [9.17, 15) is 14.4 Å². The van der Waals surface area contributed by atoms with E-state index in [0.29, 0.717) is 17.3 Å². The van der Waals surface area contributed by atoms with Gasteiger partial charge in [0, 0.05) is 18.9 Å². The van der Waals surface area contributed by atoms with E-state index in [-0.39, 0.29) is 54.0 Å². The molecule has 1 heterocycles. The lowest BCUT2D eigenvalue weighted by Gasteiger charge is -2.39. The van der Waals surface area contributed by atoms with E-state index in [4.69, 9.17) is 0 Å².